The second kappa shape index (κ2) is 8.61. The second-order valence-electron chi connectivity index (χ2n) is 8.28. The van der Waals surface area contributed by atoms with E-state index >= 15 is 0 Å². The predicted octanol–water partition coefficient (Wildman–Crippen LogP) is 0.611. The third-order valence-corrected chi connectivity index (χ3v) is 6.05. The van der Waals surface area contributed by atoms with Crippen LogP contribution in [0.4, 0.5) is 24.8 Å². The maximum Gasteiger partial charge on any atom is 0.417 e. The van der Waals surface area contributed by atoms with Gasteiger partial charge in [-0.3, -0.25) is 0 Å². The summed E-state index contributed by atoms with van der Waals surface area (Å²) in [6.07, 6.45) is -6.01. The van der Waals surface area contributed by atoms with Crippen LogP contribution in [0.25, 0.3) is 11.2 Å². The summed E-state index contributed by atoms with van der Waals surface area (Å²) in [5, 5.41) is 32.9. The lowest BCUT2D eigenvalue weighted by Crippen LogP contribution is -2.32. The van der Waals surface area contributed by atoms with Crippen molar-refractivity contribution in [3.05, 3.63) is 36.0 Å². The highest BCUT2D eigenvalue weighted by atomic mass is 19.4. The Morgan fingerprint density at radius 2 is 2.00 bits per heavy atom. The largest absolute Gasteiger partial charge is 0.417 e. The number of fused-ring (bicyclic) bond motifs is 1. The molecular formula is C20H22F3N7O4. The number of imidazole rings is 1. The minimum Gasteiger partial charge on any atom is -0.394 e. The Morgan fingerprint density at radius 1 is 1.18 bits per heavy atom. The minimum atomic E-state index is -4.43. The van der Waals surface area contributed by atoms with Gasteiger partial charge in [0.25, 0.3) is 0 Å². The number of nitrogens with zero attached hydrogens (tertiary/aromatic N) is 5. The molecule has 5 N–H and O–H groups in total. The Hall–Kier alpha value is -3.07. The number of hydrogen-bond donors (Lipinski definition) is 5. The van der Waals surface area contributed by atoms with Gasteiger partial charge in [0.05, 0.1) is 12.2 Å². The van der Waals surface area contributed by atoms with Crippen LogP contribution in [0.3, 0.4) is 0 Å². The molecule has 14 heteroatoms. The summed E-state index contributed by atoms with van der Waals surface area (Å²) in [5.41, 5.74) is 0.00331. The maximum atomic E-state index is 12.8. The van der Waals surface area contributed by atoms with Gasteiger partial charge in [-0.2, -0.15) is 13.2 Å². The van der Waals surface area contributed by atoms with Gasteiger partial charge in [0.15, 0.2) is 11.5 Å². The lowest BCUT2D eigenvalue weighted by atomic mass is 10.1. The zero-order valence-corrected chi connectivity index (χ0v) is 17.6. The molecule has 2 saturated heterocycles. The standard InChI is InChI=1S/C20H22F3N7O4/c21-20(22,23)9-1-2-12(24-5-9)30-4-3-10(6-30)27-17-13-18(26-8-25-17)29-19(28-13)16-15(33)14(32)11(7-31)34-16/h1-2,5,8,10-11,14-16,31-33H,3-4,6-7H2,(H2,25,26,27,28,29)/t10-,11-,14-,15-,16+/m1/s1. The fourth-order valence-electron chi connectivity index (χ4n) is 4.24. The van der Waals surface area contributed by atoms with Gasteiger partial charge in [-0.1, -0.05) is 0 Å². The molecular weight excluding hydrogens is 459 g/mol. The number of H-pyrrole nitrogens is 1. The van der Waals surface area contributed by atoms with Gasteiger partial charge in [-0.25, -0.2) is 19.9 Å². The molecule has 5 heterocycles. The topological polar surface area (TPSA) is 153 Å². The van der Waals surface area contributed by atoms with Gasteiger partial charge >= 0.3 is 6.18 Å². The highest BCUT2D eigenvalue weighted by Gasteiger charge is 2.44. The van der Waals surface area contributed by atoms with E-state index in [-0.39, 0.29) is 11.9 Å². The number of ether oxygens (including phenoxy) is 1. The van der Waals surface area contributed by atoms with Gasteiger partial charge in [0.2, 0.25) is 0 Å². The molecule has 5 rings (SSSR count). The van der Waals surface area contributed by atoms with Crippen LogP contribution in [-0.2, 0) is 10.9 Å². The molecule has 0 spiro atoms. The van der Waals surface area contributed by atoms with Crippen molar-refractivity contribution >= 4 is 22.8 Å². The van der Waals surface area contributed by atoms with E-state index in [1.54, 1.807) is 0 Å². The highest BCUT2D eigenvalue weighted by molar-refractivity contribution is 5.82. The van der Waals surface area contributed by atoms with Crippen LogP contribution in [0.5, 0.6) is 0 Å². The number of aliphatic hydroxyl groups excluding tert-OH is 3. The fraction of sp³-hybridized carbons (Fsp3) is 0.500. The summed E-state index contributed by atoms with van der Waals surface area (Å²) in [6, 6.07) is 2.31. The molecule has 3 aromatic heterocycles. The number of rotatable bonds is 5. The first kappa shape index (κ1) is 22.7. The van der Waals surface area contributed by atoms with Crippen LogP contribution < -0.4 is 10.2 Å². The predicted molar refractivity (Wildman–Crippen MR) is 112 cm³/mol. The third kappa shape index (κ3) is 4.13. The summed E-state index contributed by atoms with van der Waals surface area (Å²) < 4.78 is 43.9. The van der Waals surface area contributed by atoms with E-state index in [1.807, 2.05) is 4.90 Å². The summed E-state index contributed by atoms with van der Waals surface area (Å²) in [5.74, 6) is 1.16. The molecule has 0 radical (unpaired) electrons. The van der Waals surface area contributed by atoms with Crippen molar-refractivity contribution in [3.63, 3.8) is 0 Å². The number of nitrogens with one attached hydrogen (secondary N) is 2. The van der Waals surface area contributed by atoms with E-state index in [1.165, 1.54) is 12.4 Å². The zero-order valence-electron chi connectivity index (χ0n) is 17.6. The average molecular weight is 481 g/mol. The van der Waals surface area contributed by atoms with Crippen molar-refractivity contribution in [2.75, 3.05) is 29.9 Å². The Balaban J connectivity index is 1.30. The molecule has 11 nitrogen and oxygen atoms in total. The van der Waals surface area contributed by atoms with Crippen molar-refractivity contribution in [2.45, 2.75) is 43.1 Å². The lowest BCUT2D eigenvalue weighted by molar-refractivity contribution is -0.137. The van der Waals surface area contributed by atoms with Gasteiger partial charge < -0.3 is 35.3 Å². The molecule has 5 atom stereocenters. The Kier molecular flexibility index (Phi) is 5.75. The zero-order chi connectivity index (χ0) is 24.0. The van der Waals surface area contributed by atoms with E-state index < -0.39 is 42.8 Å². The first-order chi connectivity index (χ1) is 16.2. The van der Waals surface area contributed by atoms with Crippen LogP contribution in [0.15, 0.2) is 24.7 Å². The molecule has 2 fully saturated rings. The van der Waals surface area contributed by atoms with Crippen LogP contribution in [-0.4, -0.2) is 84.3 Å². The van der Waals surface area contributed by atoms with Crippen LogP contribution in [0.1, 0.15) is 23.9 Å². The number of hydrogen-bond acceptors (Lipinski definition) is 10. The fourth-order valence-corrected chi connectivity index (χ4v) is 4.24. The molecule has 0 amide bonds. The highest BCUT2D eigenvalue weighted by Crippen LogP contribution is 2.34. The number of aromatic amines is 1. The normalized spacial score (nSPS) is 27.6. The lowest BCUT2D eigenvalue weighted by Gasteiger charge is -2.19. The van der Waals surface area contributed by atoms with Crippen molar-refractivity contribution < 1.29 is 33.2 Å². The number of halogens is 3. The molecule has 34 heavy (non-hydrogen) atoms. The van der Waals surface area contributed by atoms with Gasteiger partial charge in [-0.05, 0) is 18.6 Å². The van der Waals surface area contributed by atoms with Gasteiger partial charge in [0, 0.05) is 25.3 Å². The van der Waals surface area contributed by atoms with Crippen molar-refractivity contribution in [1.29, 1.82) is 0 Å². The monoisotopic (exact) mass is 481 g/mol. The number of anilines is 2. The number of aliphatic hydroxyl groups is 3. The summed E-state index contributed by atoms with van der Waals surface area (Å²) in [4.78, 5) is 21.6. The van der Waals surface area contributed by atoms with Gasteiger partial charge in [-0.15, -0.1) is 0 Å². The Labute approximate surface area is 190 Å². The quantitative estimate of drug-likeness (QED) is 0.350. The van der Waals surface area contributed by atoms with Crippen molar-refractivity contribution in [1.82, 2.24) is 24.9 Å². The molecule has 182 valence electrons. The maximum absolute atomic E-state index is 12.8. The Bertz CT molecular complexity index is 1160. The third-order valence-electron chi connectivity index (χ3n) is 6.05. The molecule has 0 aromatic carbocycles. The van der Waals surface area contributed by atoms with E-state index in [0.717, 1.165) is 12.3 Å². The molecule has 0 saturated carbocycles. The minimum absolute atomic E-state index is 0.0668. The van der Waals surface area contributed by atoms with Gasteiger partial charge in [0.1, 0.15) is 47.9 Å². The number of alkyl halides is 3. The average Bonchev–Trinajstić information content (AvgIpc) is 3.52. The molecule has 0 unspecified atom stereocenters. The van der Waals surface area contributed by atoms with E-state index in [4.69, 9.17) is 4.74 Å². The van der Waals surface area contributed by atoms with Crippen LogP contribution in [0.2, 0.25) is 0 Å². The summed E-state index contributed by atoms with van der Waals surface area (Å²) in [7, 11) is 0. The van der Waals surface area contributed by atoms with E-state index in [2.05, 4.69) is 30.2 Å². The van der Waals surface area contributed by atoms with Crippen molar-refractivity contribution in [2.24, 2.45) is 0 Å². The smallest absolute Gasteiger partial charge is 0.394 e. The summed E-state index contributed by atoms with van der Waals surface area (Å²) >= 11 is 0. The van der Waals surface area contributed by atoms with Crippen LogP contribution >= 0.6 is 0 Å². The molecule has 2 aliphatic heterocycles. The van der Waals surface area contributed by atoms with E-state index in [9.17, 15) is 28.5 Å². The summed E-state index contributed by atoms with van der Waals surface area (Å²) in [6.45, 7) is 0.647. The molecule has 0 bridgehead atoms. The molecule has 3 aromatic rings. The first-order valence-electron chi connectivity index (χ1n) is 10.6. The van der Waals surface area contributed by atoms with E-state index in [0.29, 0.717) is 42.3 Å². The second-order valence-corrected chi connectivity index (χ2v) is 8.28. The molecule has 0 aliphatic carbocycles. The Morgan fingerprint density at radius 3 is 2.68 bits per heavy atom. The first-order valence-corrected chi connectivity index (χ1v) is 10.6. The van der Waals surface area contributed by atoms with Crippen molar-refractivity contribution in [3.8, 4) is 0 Å². The SMILES string of the molecule is OC[C@H]1O[C@H](c2nc3ncnc(N[C@@H]4CCN(c5ccc(C(F)(F)F)cn5)C4)c3[nH]2)[C@H](O)[C@@H]1O. The molecule has 2 aliphatic rings. The van der Waals surface area contributed by atoms with Crippen LogP contribution in [0, 0.1) is 0 Å². The number of aromatic nitrogens is 5. The number of pyridine rings is 1.